The summed E-state index contributed by atoms with van der Waals surface area (Å²) >= 11 is 1.46. The van der Waals surface area contributed by atoms with Crippen molar-refractivity contribution in [1.29, 1.82) is 5.26 Å². The van der Waals surface area contributed by atoms with E-state index in [1.165, 1.54) is 17.8 Å². The topological polar surface area (TPSA) is 84.8 Å². The van der Waals surface area contributed by atoms with Crippen LogP contribution in [0.4, 0.5) is 5.69 Å². The molecule has 0 aliphatic heterocycles. The Hall–Kier alpha value is -3.37. The number of nitrogens with zero attached hydrogens (tertiary/aromatic N) is 4. The van der Waals surface area contributed by atoms with Crippen molar-refractivity contribution in [3.63, 3.8) is 0 Å². The molecule has 0 spiro atoms. The van der Waals surface area contributed by atoms with Gasteiger partial charge in [-0.15, -0.1) is 11.8 Å². The fourth-order valence-corrected chi connectivity index (χ4v) is 4.18. The molecule has 0 saturated heterocycles. The van der Waals surface area contributed by atoms with E-state index >= 15 is 0 Å². The van der Waals surface area contributed by atoms with Crippen LogP contribution in [-0.4, -0.2) is 20.7 Å². The average Bonchev–Trinajstić information content (AvgIpc) is 3.04. The number of benzene rings is 3. The number of nitro groups is 1. The van der Waals surface area contributed by atoms with Gasteiger partial charge in [-0.2, -0.15) is 5.26 Å². The lowest BCUT2D eigenvalue weighted by atomic mass is 10.0. The van der Waals surface area contributed by atoms with Gasteiger partial charge in [0.1, 0.15) is 17.4 Å². The van der Waals surface area contributed by atoms with E-state index in [0.29, 0.717) is 22.5 Å². The smallest absolute Gasteiger partial charge is 0.280 e. The van der Waals surface area contributed by atoms with Crippen LogP contribution >= 0.6 is 11.8 Å². The van der Waals surface area contributed by atoms with E-state index in [1.54, 1.807) is 18.2 Å². The predicted molar refractivity (Wildman–Crippen MR) is 107 cm³/mol. The number of aryl methyl sites for hydroxylation is 1. The molecule has 0 amide bonds. The molecule has 4 aromatic rings. The first-order valence-corrected chi connectivity index (χ1v) is 9.40. The average molecular weight is 374 g/mol. The maximum Gasteiger partial charge on any atom is 0.280 e. The highest BCUT2D eigenvalue weighted by atomic mass is 32.2. The summed E-state index contributed by atoms with van der Waals surface area (Å²) in [5.41, 5.74) is 2.59. The van der Waals surface area contributed by atoms with E-state index in [0.717, 1.165) is 21.2 Å². The van der Waals surface area contributed by atoms with Gasteiger partial charge in [-0.25, -0.2) is 4.98 Å². The summed E-state index contributed by atoms with van der Waals surface area (Å²) < 4.78 is 1.88. The molecule has 27 heavy (non-hydrogen) atoms. The molecule has 1 aromatic heterocycles. The van der Waals surface area contributed by atoms with Gasteiger partial charge in [-0.3, -0.25) is 10.1 Å². The van der Waals surface area contributed by atoms with Crippen LogP contribution in [0.3, 0.4) is 0 Å². The van der Waals surface area contributed by atoms with Crippen molar-refractivity contribution < 1.29 is 4.92 Å². The summed E-state index contributed by atoms with van der Waals surface area (Å²) in [5, 5.41) is 23.0. The molecule has 0 radical (unpaired) electrons. The number of para-hydroxylation sites is 1. The molecule has 0 fully saturated rings. The Labute approximate surface area is 159 Å². The van der Waals surface area contributed by atoms with Crippen LogP contribution in [0.25, 0.3) is 33.2 Å². The SMILES string of the molecule is CSc1c(C#N)c2ccccc2c2c1nc(-c1ccccc1[N+](=O)[O-])n2C. The van der Waals surface area contributed by atoms with Gasteiger partial charge in [0, 0.05) is 23.9 Å². The molecule has 1 heterocycles. The maximum atomic E-state index is 11.5. The number of nitriles is 1. The Balaban J connectivity index is 2.20. The lowest BCUT2D eigenvalue weighted by Gasteiger charge is -2.09. The summed E-state index contributed by atoms with van der Waals surface area (Å²) in [7, 11) is 1.85. The number of fused-ring (bicyclic) bond motifs is 3. The summed E-state index contributed by atoms with van der Waals surface area (Å²) in [6.07, 6.45) is 1.91. The lowest BCUT2D eigenvalue weighted by molar-refractivity contribution is -0.384. The van der Waals surface area contributed by atoms with E-state index in [-0.39, 0.29) is 5.69 Å². The molecule has 0 aliphatic rings. The summed E-state index contributed by atoms with van der Waals surface area (Å²) in [6.45, 7) is 0. The first kappa shape index (κ1) is 17.1. The number of hydrogen-bond acceptors (Lipinski definition) is 5. The summed E-state index contributed by atoms with van der Waals surface area (Å²) in [4.78, 5) is 16.6. The molecular weight excluding hydrogens is 360 g/mol. The van der Waals surface area contributed by atoms with Crippen LogP contribution in [0, 0.1) is 21.4 Å². The molecule has 0 saturated carbocycles. The van der Waals surface area contributed by atoms with E-state index in [1.807, 2.05) is 42.1 Å². The zero-order valence-corrected chi connectivity index (χ0v) is 15.4. The van der Waals surface area contributed by atoms with E-state index < -0.39 is 4.92 Å². The van der Waals surface area contributed by atoms with Crippen molar-refractivity contribution in [2.45, 2.75) is 4.90 Å². The molecule has 4 rings (SSSR count). The fourth-order valence-electron chi connectivity index (χ4n) is 3.49. The van der Waals surface area contributed by atoms with Crippen molar-refractivity contribution in [1.82, 2.24) is 9.55 Å². The maximum absolute atomic E-state index is 11.5. The van der Waals surface area contributed by atoms with Gasteiger partial charge >= 0.3 is 0 Å². The summed E-state index contributed by atoms with van der Waals surface area (Å²) in [5.74, 6) is 0.507. The molecule has 0 N–H and O–H groups in total. The van der Waals surface area contributed by atoms with Gasteiger partial charge in [-0.1, -0.05) is 36.4 Å². The second kappa shape index (κ2) is 6.41. The molecule has 3 aromatic carbocycles. The highest BCUT2D eigenvalue weighted by Crippen LogP contribution is 2.40. The zero-order chi connectivity index (χ0) is 19.1. The van der Waals surface area contributed by atoms with Gasteiger partial charge in [-0.05, 0) is 12.3 Å². The van der Waals surface area contributed by atoms with Gasteiger partial charge in [0.25, 0.3) is 5.69 Å². The van der Waals surface area contributed by atoms with Crippen molar-refractivity contribution in [2.24, 2.45) is 7.05 Å². The second-order valence-corrected chi connectivity index (χ2v) is 6.85. The van der Waals surface area contributed by atoms with Crippen molar-refractivity contribution >= 4 is 39.3 Å². The molecule has 7 heteroatoms. The third kappa shape index (κ3) is 2.46. The molecular formula is C20H14N4O2S. The monoisotopic (exact) mass is 374 g/mol. The normalized spacial score (nSPS) is 11.0. The standard InChI is InChI=1S/C20H14N4O2S/c1-23-18-13-8-4-3-7-12(13)15(11-21)19(27-2)17(18)22-20(23)14-9-5-6-10-16(14)24(25)26/h3-10H,1-2H3. The lowest BCUT2D eigenvalue weighted by Crippen LogP contribution is -1.97. The first-order chi connectivity index (χ1) is 13.1. The molecule has 0 aliphatic carbocycles. The molecule has 0 bridgehead atoms. The first-order valence-electron chi connectivity index (χ1n) is 8.17. The van der Waals surface area contributed by atoms with E-state index in [9.17, 15) is 15.4 Å². The van der Waals surface area contributed by atoms with E-state index in [2.05, 4.69) is 6.07 Å². The third-order valence-electron chi connectivity index (χ3n) is 4.65. The molecule has 132 valence electrons. The van der Waals surface area contributed by atoms with Crippen molar-refractivity contribution in [3.05, 3.63) is 64.2 Å². The van der Waals surface area contributed by atoms with Gasteiger partial charge in [0.2, 0.25) is 0 Å². The number of imidazole rings is 1. The minimum Gasteiger partial charge on any atom is -0.326 e. The number of rotatable bonds is 3. The highest BCUT2D eigenvalue weighted by molar-refractivity contribution is 7.98. The third-order valence-corrected chi connectivity index (χ3v) is 5.45. The Bertz CT molecular complexity index is 1270. The molecule has 6 nitrogen and oxygen atoms in total. The Morgan fingerprint density at radius 1 is 1.15 bits per heavy atom. The number of nitro benzene ring substituents is 1. The van der Waals surface area contributed by atoms with Crippen molar-refractivity contribution in [3.8, 4) is 17.5 Å². The summed E-state index contributed by atoms with van der Waals surface area (Å²) in [6, 6.07) is 16.6. The zero-order valence-electron chi connectivity index (χ0n) is 14.6. The van der Waals surface area contributed by atoms with Crippen LogP contribution in [0.5, 0.6) is 0 Å². The molecule has 0 atom stereocenters. The van der Waals surface area contributed by atoms with Gasteiger partial charge < -0.3 is 4.57 Å². The quantitative estimate of drug-likeness (QED) is 0.289. The van der Waals surface area contributed by atoms with Gasteiger partial charge in [0.15, 0.2) is 0 Å². The Kier molecular flexibility index (Phi) is 4.05. The number of hydrogen-bond donors (Lipinski definition) is 0. The largest absolute Gasteiger partial charge is 0.326 e. The van der Waals surface area contributed by atoms with Crippen LogP contribution in [0.2, 0.25) is 0 Å². The van der Waals surface area contributed by atoms with Crippen LogP contribution in [-0.2, 0) is 7.05 Å². The predicted octanol–water partition coefficient (Wildman–Crippen LogP) is 4.90. The second-order valence-electron chi connectivity index (χ2n) is 6.03. The number of thioether (sulfide) groups is 1. The Morgan fingerprint density at radius 3 is 2.48 bits per heavy atom. The fraction of sp³-hybridized carbons (Fsp3) is 0.100. The number of aromatic nitrogens is 2. The van der Waals surface area contributed by atoms with Crippen molar-refractivity contribution in [2.75, 3.05) is 6.26 Å². The minimum atomic E-state index is -0.400. The van der Waals surface area contributed by atoms with Gasteiger partial charge in [0.05, 0.1) is 26.5 Å². The minimum absolute atomic E-state index is 0.00594. The molecule has 0 unspecified atom stereocenters. The van der Waals surface area contributed by atoms with Crippen LogP contribution < -0.4 is 0 Å². The van der Waals surface area contributed by atoms with Crippen LogP contribution in [0.1, 0.15) is 5.56 Å². The highest BCUT2D eigenvalue weighted by Gasteiger charge is 2.23. The Morgan fingerprint density at radius 2 is 1.81 bits per heavy atom. The van der Waals surface area contributed by atoms with Crippen LogP contribution in [0.15, 0.2) is 53.4 Å². The van der Waals surface area contributed by atoms with E-state index in [4.69, 9.17) is 4.98 Å².